The van der Waals surface area contributed by atoms with Crippen LogP contribution in [0.4, 0.5) is 0 Å². The van der Waals surface area contributed by atoms with Crippen LogP contribution in [0.25, 0.3) is 0 Å². The lowest BCUT2D eigenvalue weighted by Crippen LogP contribution is -2.59. The van der Waals surface area contributed by atoms with Gasteiger partial charge in [0.25, 0.3) is 0 Å². The molecule has 1 fully saturated rings. The Morgan fingerprint density at radius 1 is 1.12 bits per heavy atom. The van der Waals surface area contributed by atoms with Crippen molar-refractivity contribution < 1.29 is 39.3 Å². The molecule has 0 heterocycles. The van der Waals surface area contributed by atoms with Gasteiger partial charge in [-0.2, -0.15) is 12.6 Å². The van der Waals surface area contributed by atoms with Crippen LogP contribution in [0.5, 0.6) is 0 Å². The molecule has 0 spiro atoms. The second-order valence-electron chi connectivity index (χ2n) is 7.74. The summed E-state index contributed by atoms with van der Waals surface area (Å²) in [7, 11) is 5.90. The van der Waals surface area contributed by atoms with Crippen LogP contribution in [0.15, 0.2) is 0 Å². The van der Waals surface area contributed by atoms with Crippen LogP contribution in [0.3, 0.4) is 0 Å². The third-order valence-electron chi connectivity index (χ3n) is 5.19. The summed E-state index contributed by atoms with van der Waals surface area (Å²) in [6.07, 6.45) is -0.519. The normalized spacial score (nSPS) is 18.3. The monoisotopic (exact) mass is 472 g/mol. The van der Waals surface area contributed by atoms with Crippen molar-refractivity contribution >= 4 is 50.0 Å². The van der Waals surface area contributed by atoms with E-state index in [1.807, 2.05) is 0 Å². The average Bonchev–Trinajstić information content (AvgIpc) is 2.70. The number of carboxylic acids is 2. The molecule has 178 valence electrons. The summed E-state index contributed by atoms with van der Waals surface area (Å²) in [4.78, 5) is 58.3. The molecular weight excluding hydrogens is 443 g/mol. The SMILES string of the molecule is [B]C1(C(=O)CCC(=O)NC[C@H](N)C(=O)N[C@@H](CC(=O)O)C(O)N[C@@H](CS)C(=O)O)CCC1. The summed E-state index contributed by atoms with van der Waals surface area (Å²) >= 11 is 3.83. The van der Waals surface area contributed by atoms with E-state index in [-0.39, 0.29) is 30.9 Å². The molecule has 0 saturated heterocycles. The Labute approximate surface area is 191 Å². The summed E-state index contributed by atoms with van der Waals surface area (Å²) in [5.41, 5.74) is 5.71. The number of amides is 2. The number of carbonyl (C=O) groups excluding carboxylic acids is 3. The summed E-state index contributed by atoms with van der Waals surface area (Å²) < 4.78 is 0. The minimum absolute atomic E-state index is 0.0296. The molecule has 0 aromatic carbocycles. The fourth-order valence-electron chi connectivity index (χ4n) is 2.96. The Balaban J connectivity index is 2.52. The molecule has 32 heavy (non-hydrogen) atoms. The molecule has 2 radical (unpaired) electrons. The van der Waals surface area contributed by atoms with Gasteiger partial charge in [0, 0.05) is 25.1 Å². The molecule has 8 N–H and O–H groups in total. The topological polar surface area (TPSA) is 208 Å². The Hall–Kier alpha value is -2.16. The fourth-order valence-corrected chi connectivity index (χ4v) is 3.22. The van der Waals surface area contributed by atoms with E-state index in [0.29, 0.717) is 12.8 Å². The van der Waals surface area contributed by atoms with Crippen LogP contribution in [0, 0.1) is 0 Å². The molecule has 4 atom stereocenters. The lowest BCUT2D eigenvalue weighted by molar-refractivity contribution is -0.140. The van der Waals surface area contributed by atoms with E-state index in [0.717, 1.165) is 6.42 Å². The van der Waals surface area contributed by atoms with Crippen molar-refractivity contribution in [2.45, 2.75) is 68.2 Å². The molecule has 1 rings (SSSR count). The van der Waals surface area contributed by atoms with Crippen LogP contribution in [-0.4, -0.2) is 89.4 Å². The molecule has 2 amide bonds. The van der Waals surface area contributed by atoms with Gasteiger partial charge >= 0.3 is 11.9 Å². The zero-order valence-corrected chi connectivity index (χ0v) is 18.3. The Morgan fingerprint density at radius 3 is 2.22 bits per heavy atom. The van der Waals surface area contributed by atoms with E-state index >= 15 is 0 Å². The van der Waals surface area contributed by atoms with Gasteiger partial charge in [-0.05, 0) is 18.2 Å². The van der Waals surface area contributed by atoms with Gasteiger partial charge in [0.05, 0.1) is 20.3 Å². The molecule has 0 bridgehead atoms. The molecule has 0 aromatic rings. The minimum Gasteiger partial charge on any atom is -0.481 e. The number of carbonyl (C=O) groups is 5. The van der Waals surface area contributed by atoms with Gasteiger partial charge in [-0.1, -0.05) is 6.42 Å². The Morgan fingerprint density at radius 2 is 1.75 bits per heavy atom. The largest absolute Gasteiger partial charge is 0.481 e. The second kappa shape index (κ2) is 12.8. The van der Waals surface area contributed by atoms with Crippen molar-refractivity contribution in [3.63, 3.8) is 0 Å². The Bertz CT molecular complexity index is 721. The smallest absolute Gasteiger partial charge is 0.321 e. The summed E-state index contributed by atoms with van der Waals surface area (Å²) in [5.74, 6) is -4.45. The molecular formula is C18H29BN4O8S. The van der Waals surface area contributed by atoms with Crippen LogP contribution in [0.2, 0.25) is 5.31 Å². The van der Waals surface area contributed by atoms with Crippen molar-refractivity contribution in [2.24, 2.45) is 5.73 Å². The van der Waals surface area contributed by atoms with Crippen molar-refractivity contribution in [1.29, 1.82) is 0 Å². The zero-order chi connectivity index (χ0) is 24.5. The average molecular weight is 472 g/mol. The maximum absolute atomic E-state index is 12.3. The number of nitrogens with one attached hydrogen (secondary N) is 3. The third kappa shape index (κ3) is 8.77. The van der Waals surface area contributed by atoms with Gasteiger partial charge in [-0.15, -0.1) is 0 Å². The number of aliphatic carboxylic acids is 2. The number of aliphatic hydroxyl groups is 1. The fraction of sp³-hybridized carbons (Fsp3) is 0.722. The minimum atomic E-state index is -1.72. The first kappa shape index (κ1) is 27.9. The maximum Gasteiger partial charge on any atom is 0.321 e. The van der Waals surface area contributed by atoms with Crippen LogP contribution >= 0.6 is 12.6 Å². The quantitative estimate of drug-likeness (QED) is 0.0716. The highest BCUT2D eigenvalue weighted by atomic mass is 32.1. The number of hydrogen-bond acceptors (Lipinski definition) is 9. The van der Waals surface area contributed by atoms with E-state index in [1.165, 1.54) is 0 Å². The lowest BCUT2D eigenvalue weighted by atomic mass is 9.52. The number of nitrogens with two attached hydrogens (primary N) is 1. The molecule has 12 nitrogen and oxygen atoms in total. The van der Waals surface area contributed by atoms with Crippen molar-refractivity contribution in [3.05, 3.63) is 0 Å². The lowest BCUT2D eigenvalue weighted by Gasteiger charge is -2.37. The molecule has 1 saturated carbocycles. The van der Waals surface area contributed by atoms with Crippen LogP contribution in [-0.2, 0) is 24.0 Å². The van der Waals surface area contributed by atoms with Gasteiger partial charge in [-0.25, -0.2) is 0 Å². The number of rotatable bonds is 15. The molecule has 1 aliphatic carbocycles. The standard InChI is InChI=1S/C18H29BN4O8S/c19-18(4-1-5-18)12(24)2-3-13(25)21-7-9(20)15(28)22-10(6-14(26)27)16(29)23-11(8-32)17(30)31/h9-11,16,23,29,32H,1-8,20H2,(H,21,25)(H,22,28)(H,26,27)(H,30,31)/t9-,10-,11-,16?/m0/s1. The zero-order valence-electron chi connectivity index (χ0n) is 17.5. The van der Waals surface area contributed by atoms with Gasteiger partial charge in [-0.3, -0.25) is 29.3 Å². The number of hydrogen-bond donors (Lipinski definition) is 8. The number of aliphatic hydroxyl groups excluding tert-OH is 1. The highest BCUT2D eigenvalue weighted by Gasteiger charge is 2.37. The van der Waals surface area contributed by atoms with E-state index in [9.17, 15) is 29.1 Å². The predicted octanol–water partition coefficient (Wildman–Crippen LogP) is -2.46. The molecule has 1 unspecified atom stereocenters. The molecule has 1 aliphatic rings. The van der Waals surface area contributed by atoms with Gasteiger partial charge in [0.15, 0.2) is 0 Å². The van der Waals surface area contributed by atoms with Crippen molar-refractivity contribution in [1.82, 2.24) is 16.0 Å². The van der Waals surface area contributed by atoms with E-state index in [1.54, 1.807) is 0 Å². The first-order chi connectivity index (χ1) is 14.9. The number of thiol groups is 1. The molecule has 14 heteroatoms. The van der Waals surface area contributed by atoms with Gasteiger partial charge in [0.1, 0.15) is 24.1 Å². The summed E-state index contributed by atoms with van der Waals surface area (Å²) in [5, 5.41) is 34.2. The van der Waals surface area contributed by atoms with E-state index in [2.05, 4.69) is 28.6 Å². The summed E-state index contributed by atoms with van der Waals surface area (Å²) in [6, 6.07) is -3.97. The van der Waals surface area contributed by atoms with E-state index in [4.69, 9.17) is 23.8 Å². The van der Waals surface area contributed by atoms with Gasteiger partial charge in [0.2, 0.25) is 11.8 Å². The van der Waals surface area contributed by atoms with Crippen molar-refractivity contribution in [3.8, 4) is 0 Å². The van der Waals surface area contributed by atoms with Crippen LogP contribution in [0.1, 0.15) is 38.5 Å². The number of carboxylic acid groups (broad SMARTS) is 2. The Kier molecular flexibility index (Phi) is 11.1. The third-order valence-corrected chi connectivity index (χ3v) is 5.56. The first-order valence-corrected chi connectivity index (χ1v) is 10.7. The highest BCUT2D eigenvalue weighted by molar-refractivity contribution is 7.80. The molecule has 0 aliphatic heterocycles. The highest BCUT2D eigenvalue weighted by Crippen LogP contribution is 2.46. The van der Waals surface area contributed by atoms with E-state index < -0.39 is 59.8 Å². The molecule has 0 aromatic heterocycles. The van der Waals surface area contributed by atoms with Crippen molar-refractivity contribution in [2.75, 3.05) is 12.3 Å². The maximum atomic E-state index is 12.3. The first-order valence-electron chi connectivity index (χ1n) is 10.0. The van der Waals surface area contributed by atoms with Crippen LogP contribution < -0.4 is 21.7 Å². The predicted molar refractivity (Wildman–Crippen MR) is 116 cm³/mol. The second-order valence-corrected chi connectivity index (χ2v) is 8.11. The number of Topliss-reactive ketones (excluding diaryl/α,β-unsaturated/α-hetero) is 1. The summed E-state index contributed by atoms with van der Waals surface area (Å²) in [6.45, 7) is -0.301. The number of ketones is 1. The van der Waals surface area contributed by atoms with Gasteiger partial charge < -0.3 is 31.7 Å².